The van der Waals surface area contributed by atoms with Crippen LogP contribution in [0.1, 0.15) is 17.8 Å². The van der Waals surface area contributed by atoms with Gasteiger partial charge in [0.25, 0.3) is 0 Å². The molecule has 0 radical (unpaired) electrons. The normalized spacial score (nSPS) is 18.6. The minimum atomic E-state index is -4.43. The third-order valence-corrected chi connectivity index (χ3v) is 3.69. The van der Waals surface area contributed by atoms with Crippen LogP contribution in [-0.4, -0.2) is 26.5 Å². The zero-order valence-electron chi connectivity index (χ0n) is 11.1. The van der Waals surface area contributed by atoms with E-state index in [0.29, 0.717) is 18.8 Å². The number of aromatic nitrogens is 3. The van der Waals surface area contributed by atoms with Crippen LogP contribution in [0.2, 0.25) is 0 Å². The summed E-state index contributed by atoms with van der Waals surface area (Å²) in [5.41, 5.74) is -0.737. The maximum atomic E-state index is 13.0. The van der Waals surface area contributed by atoms with Crippen LogP contribution in [-0.2, 0) is 19.1 Å². The van der Waals surface area contributed by atoms with Crippen molar-refractivity contribution in [1.29, 1.82) is 0 Å². The van der Waals surface area contributed by atoms with E-state index < -0.39 is 11.7 Å². The zero-order valence-corrected chi connectivity index (χ0v) is 11.1. The Morgan fingerprint density at radius 1 is 1.29 bits per heavy atom. The van der Waals surface area contributed by atoms with Gasteiger partial charge in [-0.05, 0) is 12.5 Å². The Labute approximate surface area is 119 Å². The van der Waals surface area contributed by atoms with Gasteiger partial charge in [-0.1, -0.05) is 18.2 Å². The summed E-state index contributed by atoms with van der Waals surface area (Å²) in [5.74, 6) is 0.855. The van der Waals surface area contributed by atoms with E-state index in [2.05, 4.69) is 10.1 Å². The molecule has 0 spiro atoms. The standard InChI is InChI=1S/C14H14F3N3O/c15-14(16,17)11-4-2-1-3-10(11)13-18-12-6-5-9(8-21)7-20(12)19-13/h1-4,9,21H,5-8H2. The Morgan fingerprint density at radius 2 is 2.05 bits per heavy atom. The van der Waals surface area contributed by atoms with Crippen LogP contribution >= 0.6 is 0 Å². The Balaban J connectivity index is 2.02. The first-order valence-electron chi connectivity index (χ1n) is 6.70. The van der Waals surface area contributed by atoms with Crippen molar-refractivity contribution in [3.63, 3.8) is 0 Å². The van der Waals surface area contributed by atoms with Gasteiger partial charge in [-0.25, -0.2) is 9.67 Å². The number of rotatable bonds is 2. The van der Waals surface area contributed by atoms with E-state index in [-0.39, 0.29) is 23.9 Å². The average Bonchev–Trinajstić information content (AvgIpc) is 2.89. The molecule has 0 saturated carbocycles. The number of aliphatic hydroxyl groups excluding tert-OH is 1. The second-order valence-corrected chi connectivity index (χ2v) is 5.16. The molecule has 3 rings (SSSR count). The third kappa shape index (κ3) is 2.65. The predicted molar refractivity (Wildman–Crippen MR) is 69.4 cm³/mol. The topological polar surface area (TPSA) is 50.9 Å². The van der Waals surface area contributed by atoms with Crippen molar-refractivity contribution in [1.82, 2.24) is 14.8 Å². The van der Waals surface area contributed by atoms with Gasteiger partial charge in [0.05, 0.1) is 5.56 Å². The average molecular weight is 297 g/mol. The van der Waals surface area contributed by atoms with Crippen molar-refractivity contribution in [3.8, 4) is 11.4 Å². The highest BCUT2D eigenvalue weighted by Crippen LogP contribution is 2.36. The highest BCUT2D eigenvalue weighted by atomic mass is 19.4. The summed E-state index contributed by atoms with van der Waals surface area (Å²) in [6.45, 7) is 0.542. The number of aliphatic hydroxyl groups is 1. The first-order valence-corrected chi connectivity index (χ1v) is 6.70. The van der Waals surface area contributed by atoms with E-state index in [1.807, 2.05) is 0 Å². The van der Waals surface area contributed by atoms with Crippen LogP contribution < -0.4 is 0 Å². The second kappa shape index (κ2) is 5.14. The molecule has 2 aromatic rings. The molecule has 0 saturated heterocycles. The van der Waals surface area contributed by atoms with Gasteiger partial charge in [0.15, 0.2) is 5.82 Å². The Hall–Kier alpha value is -1.89. The molecule has 21 heavy (non-hydrogen) atoms. The summed E-state index contributed by atoms with van der Waals surface area (Å²) in [6, 6.07) is 5.31. The lowest BCUT2D eigenvalue weighted by molar-refractivity contribution is -0.137. The lowest BCUT2D eigenvalue weighted by atomic mass is 10.0. The van der Waals surface area contributed by atoms with Crippen molar-refractivity contribution >= 4 is 0 Å². The maximum absolute atomic E-state index is 13.0. The number of benzene rings is 1. The highest BCUT2D eigenvalue weighted by molar-refractivity contribution is 5.60. The molecule has 1 unspecified atom stereocenters. The van der Waals surface area contributed by atoms with Crippen molar-refractivity contribution in [2.24, 2.45) is 5.92 Å². The van der Waals surface area contributed by atoms with E-state index in [1.165, 1.54) is 12.1 Å². The molecule has 2 heterocycles. The monoisotopic (exact) mass is 297 g/mol. The first kappa shape index (κ1) is 14.1. The van der Waals surface area contributed by atoms with Gasteiger partial charge >= 0.3 is 6.18 Å². The molecular formula is C14H14F3N3O. The van der Waals surface area contributed by atoms with Crippen molar-refractivity contribution in [2.45, 2.75) is 25.6 Å². The Bertz CT molecular complexity index is 651. The molecule has 1 aliphatic rings. The molecule has 1 aromatic carbocycles. The minimum Gasteiger partial charge on any atom is -0.396 e. The number of fused-ring (bicyclic) bond motifs is 1. The summed E-state index contributed by atoms with van der Waals surface area (Å²) in [7, 11) is 0. The number of alkyl halides is 3. The predicted octanol–water partition coefficient (Wildman–Crippen LogP) is 2.52. The van der Waals surface area contributed by atoms with Crippen LogP contribution in [0.3, 0.4) is 0 Å². The molecule has 0 fully saturated rings. The van der Waals surface area contributed by atoms with Gasteiger partial charge in [-0.2, -0.15) is 18.3 Å². The fourth-order valence-corrected chi connectivity index (χ4v) is 2.56. The van der Waals surface area contributed by atoms with Gasteiger partial charge < -0.3 is 5.11 Å². The minimum absolute atomic E-state index is 0.00699. The quantitative estimate of drug-likeness (QED) is 0.926. The van der Waals surface area contributed by atoms with Gasteiger partial charge in [0, 0.05) is 31.1 Å². The van der Waals surface area contributed by atoms with E-state index in [4.69, 9.17) is 0 Å². The SMILES string of the molecule is OCC1CCc2nc(-c3ccccc3C(F)(F)F)nn2C1. The summed E-state index contributed by atoms with van der Waals surface area (Å²) >= 11 is 0. The van der Waals surface area contributed by atoms with E-state index in [1.54, 1.807) is 10.7 Å². The molecule has 4 nitrogen and oxygen atoms in total. The first-order chi connectivity index (χ1) is 9.99. The molecular weight excluding hydrogens is 283 g/mol. The van der Waals surface area contributed by atoms with Crippen LogP contribution in [0, 0.1) is 5.92 Å². The molecule has 7 heteroatoms. The molecule has 0 aliphatic carbocycles. The molecule has 0 bridgehead atoms. The smallest absolute Gasteiger partial charge is 0.396 e. The lowest BCUT2D eigenvalue weighted by Crippen LogP contribution is -2.23. The second-order valence-electron chi connectivity index (χ2n) is 5.16. The van der Waals surface area contributed by atoms with Crippen LogP contribution in [0.15, 0.2) is 24.3 Å². The van der Waals surface area contributed by atoms with Crippen molar-refractivity contribution < 1.29 is 18.3 Å². The fourth-order valence-electron chi connectivity index (χ4n) is 2.56. The third-order valence-electron chi connectivity index (χ3n) is 3.69. The van der Waals surface area contributed by atoms with Gasteiger partial charge in [-0.15, -0.1) is 0 Å². The van der Waals surface area contributed by atoms with Gasteiger partial charge in [0.2, 0.25) is 0 Å². The van der Waals surface area contributed by atoms with Crippen LogP contribution in [0.25, 0.3) is 11.4 Å². The zero-order chi connectivity index (χ0) is 15.0. The summed E-state index contributed by atoms with van der Waals surface area (Å²) in [4.78, 5) is 4.23. The number of hydrogen-bond acceptors (Lipinski definition) is 3. The van der Waals surface area contributed by atoms with E-state index >= 15 is 0 Å². The van der Waals surface area contributed by atoms with Gasteiger partial charge in [0.1, 0.15) is 5.82 Å². The Kier molecular flexibility index (Phi) is 3.44. The molecule has 0 amide bonds. The van der Waals surface area contributed by atoms with Crippen LogP contribution in [0.4, 0.5) is 13.2 Å². The largest absolute Gasteiger partial charge is 0.417 e. The number of hydrogen-bond donors (Lipinski definition) is 1. The molecule has 112 valence electrons. The van der Waals surface area contributed by atoms with E-state index in [0.717, 1.165) is 12.5 Å². The Morgan fingerprint density at radius 3 is 2.76 bits per heavy atom. The molecule has 1 aliphatic heterocycles. The fraction of sp³-hybridized carbons (Fsp3) is 0.429. The number of halogens is 3. The summed E-state index contributed by atoms with van der Waals surface area (Å²) in [5, 5.41) is 13.4. The van der Waals surface area contributed by atoms with Crippen molar-refractivity contribution in [3.05, 3.63) is 35.7 Å². The highest BCUT2D eigenvalue weighted by Gasteiger charge is 2.34. The van der Waals surface area contributed by atoms with E-state index in [9.17, 15) is 18.3 Å². The molecule has 1 atom stereocenters. The maximum Gasteiger partial charge on any atom is 0.417 e. The van der Waals surface area contributed by atoms with Crippen molar-refractivity contribution in [2.75, 3.05) is 6.61 Å². The summed E-state index contributed by atoms with van der Waals surface area (Å²) < 4.78 is 40.7. The molecule has 1 aromatic heterocycles. The van der Waals surface area contributed by atoms with Crippen LogP contribution in [0.5, 0.6) is 0 Å². The van der Waals surface area contributed by atoms with Gasteiger partial charge in [-0.3, -0.25) is 0 Å². The lowest BCUT2D eigenvalue weighted by Gasteiger charge is -2.19. The summed E-state index contributed by atoms with van der Waals surface area (Å²) in [6.07, 6.45) is -3.04. The molecule has 1 N–H and O–H groups in total. The number of aryl methyl sites for hydroxylation is 1. The number of nitrogens with zero attached hydrogens (tertiary/aromatic N) is 3.